The molecular formula is C24H28N2O2. The molecule has 28 heavy (non-hydrogen) atoms. The summed E-state index contributed by atoms with van der Waals surface area (Å²) in [6.45, 7) is 1.57. The molecule has 4 rings (SSSR count). The molecule has 0 unspecified atom stereocenters. The fraction of sp³-hybridized carbons (Fsp3) is 0.417. The number of ketones is 1. The average Bonchev–Trinajstić information content (AvgIpc) is 3.04. The van der Waals surface area contributed by atoms with E-state index < -0.39 is 0 Å². The van der Waals surface area contributed by atoms with Gasteiger partial charge in [0.05, 0.1) is 0 Å². The number of likely N-dealkylation sites (N-methyl/N-ethyl adjacent to an activating group) is 2. The smallest absolute Gasteiger partial charge is 0.253 e. The van der Waals surface area contributed by atoms with Gasteiger partial charge in [-0.3, -0.25) is 9.59 Å². The van der Waals surface area contributed by atoms with Crippen LogP contribution in [0.25, 0.3) is 11.1 Å². The van der Waals surface area contributed by atoms with Gasteiger partial charge in [-0.05, 0) is 43.1 Å². The Morgan fingerprint density at radius 3 is 2.32 bits per heavy atom. The van der Waals surface area contributed by atoms with Gasteiger partial charge in [-0.1, -0.05) is 49.6 Å². The molecule has 2 aromatic rings. The maximum absolute atomic E-state index is 12.9. The van der Waals surface area contributed by atoms with Gasteiger partial charge in [0.2, 0.25) is 0 Å². The Morgan fingerprint density at radius 2 is 1.57 bits per heavy atom. The maximum Gasteiger partial charge on any atom is 0.253 e. The minimum atomic E-state index is -0.0244. The fourth-order valence-electron chi connectivity index (χ4n) is 4.50. The first kappa shape index (κ1) is 18.9. The van der Waals surface area contributed by atoms with E-state index in [2.05, 4.69) is 11.9 Å². The number of benzene rings is 2. The van der Waals surface area contributed by atoms with Crippen LogP contribution >= 0.6 is 0 Å². The molecule has 2 aliphatic rings. The van der Waals surface area contributed by atoms with Crippen LogP contribution in [0, 0.1) is 0 Å². The Bertz CT molecular complexity index is 899. The monoisotopic (exact) mass is 376 g/mol. The van der Waals surface area contributed by atoms with Crippen molar-refractivity contribution >= 4 is 11.7 Å². The largest absolute Gasteiger partial charge is 0.340 e. The number of rotatable bonds is 5. The number of hydrogen-bond acceptors (Lipinski definition) is 3. The number of nitrogens with zero attached hydrogens (tertiary/aromatic N) is 2. The lowest BCUT2D eigenvalue weighted by Gasteiger charge is -2.32. The predicted octanol–water partition coefficient (Wildman–Crippen LogP) is 4.23. The Kier molecular flexibility index (Phi) is 5.31. The molecule has 0 bridgehead atoms. The molecule has 0 radical (unpaired) electrons. The number of carbonyl (C=O) groups is 2. The van der Waals surface area contributed by atoms with Crippen LogP contribution < -0.4 is 0 Å². The summed E-state index contributed by atoms with van der Waals surface area (Å²) in [6, 6.07) is 13.8. The quantitative estimate of drug-likeness (QED) is 0.669. The second kappa shape index (κ2) is 7.88. The van der Waals surface area contributed by atoms with Gasteiger partial charge in [0.15, 0.2) is 5.78 Å². The highest BCUT2D eigenvalue weighted by atomic mass is 16.2. The van der Waals surface area contributed by atoms with Crippen LogP contribution in [0.1, 0.15) is 58.4 Å². The lowest BCUT2D eigenvalue weighted by molar-refractivity contribution is 0.0767. The molecule has 0 heterocycles. The Balaban J connectivity index is 1.43. The van der Waals surface area contributed by atoms with Crippen molar-refractivity contribution in [2.75, 3.05) is 27.2 Å². The third-order valence-corrected chi connectivity index (χ3v) is 6.31. The molecular weight excluding hydrogens is 348 g/mol. The highest BCUT2D eigenvalue weighted by Crippen LogP contribution is 2.36. The number of amides is 1. The van der Waals surface area contributed by atoms with Crippen molar-refractivity contribution in [3.8, 4) is 11.1 Å². The summed E-state index contributed by atoms with van der Waals surface area (Å²) in [7, 11) is 4.01. The van der Waals surface area contributed by atoms with E-state index in [1.165, 1.54) is 32.1 Å². The molecule has 146 valence electrons. The van der Waals surface area contributed by atoms with Crippen molar-refractivity contribution < 1.29 is 9.59 Å². The summed E-state index contributed by atoms with van der Waals surface area (Å²) in [6.07, 6.45) is 6.51. The number of hydrogen-bond donors (Lipinski definition) is 0. The lowest BCUT2D eigenvalue weighted by Crippen LogP contribution is -2.40. The molecule has 0 aromatic heterocycles. The Morgan fingerprint density at radius 1 is 0.893 bits per heavy atom. The van der Waals surface area contributed by atoms with E-state index in [4.69, 9.17) is 0 Å². The van der Waals surface area contributed by atoms with Crippen molar-refractivity contribution in [3.63, 3.8) is 0 Å². The lowest BCUT2D eigenvalue weighted by atomic mass is 9.94. The second-order valence-corrected chi connectivity index (χ2v) is 8.13. The molecule has 1 amide bonds. The van der Waals surface area contributed by atoms with E-state index in [0.29, 0.717) is 23.7 Å². The molecule has 0 N–H and O–H groups in total. The van der Waals surface area contributed by atoms with E-state index in [0.717, 1.165) is 23.2 Å². The van der Waals surface area contributed by atoms with Gasteiger partial charge >= 0.3 is 0 Å². The van der Waals surface area contributed by atoms with Crippen molar-refractivity contribution in [1.82, 2.24) is 9.80 Å². The van der Waals surface area contributed by atoms with Crippen molar-refractivity contribution in [3.05, 3.63) is 59.2 Å². The van der Waals surface area contributed by atoms with Gasteiger partial charge in [-0.15, -0.1) is 0 Å². The van der Waals surface area contributed by atoms with E-state index in [9.17, 15) is 9.59 Å². The second-order valence-electron chi connectivity index (χ2n) is 8.13. The van der Waals surface area contributed by atoms with Gasteiger partial charge in [0.1, 0.15) is 0 Å². The molecule has 0 aliphatic heterocycles. The van der Waals surface area contributed by atoms with Gasteiger partial charge in [0, 0.05) is 42.9 Å². The minimum absolute atomic E-state index is 0.0138. The standard InChI is InChI=1S/C24H28N2O2/c1-25(18-8-4-3-5-9-18)14-15-26(2)24(28)17-12-13-20-19-10-6-7-11-21(19)23(27)22(20)16-17/h6-7,10-13,16,18H,3-5,8-9,14-15H2,1-2H3. The number of fused-ring (bicyclic) bond motifs is 3. The van der Waals surface area contributed by atoms with Crippen LogP contribution in [-0.4, -0.2) is 54.7 Å². The molecule has 1 fully saturated rings. The molecule has 0 atom stereocenters. The molecule has 4 heteroatoms. The molecule has 4 nitrogen and oxygen atoms in total. The minimum Gasteiger partial charge on any atom is -0.340 e. The summed E-state index contributed by atoms with van der Waals surface area (Å²) in [5, 5.41) is 0. The Hall–Kier alpha value is -2.46. The summed E-state index contributed by atoms with van der Waals surface area (Å²) in [4.78, 5) is 29.8. The van der Waals surface area contributed by atoms with Gasteiger partial charge in [-0.2, -0.15) is 0 Å². The van der Waals surface area contributed by atoms with Crippen molar-refractivity contribution in [2.45, 2.75) is 38.1 Å². The van der Waals surface area contributed by atoms with Crippen LogP contribution in [0.5, 0.6) is 0 Å². The van der Waals surface area contributed by atoms with Crippen LogP contribution in [0.3, 0.4) is 0 Å². The van der Waals surface area contributed by atoms with Crippen LogP contribution in [0.4, 0.5) is 0 Å². The first-order chi connectivity index (χ1) is 13.6. The number of carbonyl (C=O) groups excluding carboxylic acids is 2. The van der Waals surface area contributed by atoms with E-state index in [1.807, 2.05) is 43.4 Å². The van der Waals surface area contributed by atoms with Gasteiger partial charge < -0.3 is 9.80 Å². The topological polar surface area (TPSA) is 40.6 Å². The van der Waals surface area contributed by atoms with Crippen LogP contribution in [0.15, 0.2) is 42.5 Å². The Labute approximate surface area is 167 Å². The van der Waals surface area contributed by atoms with E-state index >= 15 is 0 Å². The van der Waals surface area contributed by atoms with Crippen LogP contribution in [0.2, 0.25) is 0 Å². The maximum atomic E-state index is 12.9. The summed E-state index contributed by atoms with van der Waals surface area (Å²) in [5.41, 5.74) is 3.84. The molecule has 2 aliphatic carbocycles. The summed E-state index contributed by atoms with van der Waals surface area (Å²) in [5.74, 6) is -0.0106. The first-order valence-corrected chi connectivity index (χ1v) is 10.3. The molecule has 1 saturated carbocycles. The average molecular weight is 377 g/mol. The van der Waals surface area contributed by atoms with Gasteiger partial charge in [0.25, 0.3) is 5.91 Å². The SMILES string of the molecule is CN(CCN(C)C1CCCCC1)C(=O)c1ccc2c(c1)C(=O)c1ccccc1-2. The normalized spacial score (nSPS) is 16.2. The van der Waals surface area contributed by atoms with Crippen LogP contribution in [-0.2, 0) is 0 Å². The highest BCUT2D eigenvalue weighted by Gasteiger charge is 2.27. The zero-order chi connectivity index (χ0) is 19.7. The third kappa shape index (κ3) is 3.49. The van der Waals surface area contributed by atoms with Crippen molar-refractivity contribution in [1.29, 1.82) is 0 Å². The highest BCUT2D eigenvalue weighted by molar-refractivity contribution is 6.22. The molecule has 0 spiro atoms. The van der Waals surface area contributed by atoms with E-state index in [-0.39, 0.29) is 11.7 Å². The van der Waals surface area contributed by atoms with E-state index in [1.54, 1.807) is 11.0 Å². The first-order valence-electron chi connectivity index (χ1n) is 10.3. The fourth-order valence-corrected chi connectivity index (χ4v) is 4.50. The molecule has 0 saturated heterocycles. The zero-order valence-electron chi connectivity index (χ0n) is 16.8. The predicted molar refractivity (Wildman–Crippen MR) is 112 cm³/mol. The zero-order valence-corrected chi connectivity index (χ0v) is 16.8. The summed E-state index contributed by atoms with van der Waals surface area (Å²) >= 11 is 0. The molecule has 2 aromatic carbocycles. The van der Waals surface area contributed by atoms with Crippen molar-refractivity contribution in [2.24, 2.45) is 0 Å². The summed E-state index contributed by atoms with van der Waals surface area (Å²) < 4.78 is 0. The third-order valence-electron chi connectivity index (χ3n) is 6.31. The van der Waals surface area contributed by atoms with Gasteiger partial charge in [-0.25, -0.2) is 0 Å².